The molecule has 0 amide bonds. The summed E-state index contributed by atoms with van der Waals surface area (Å²) in [4.78, 5) is 23.8. The number of hydrogen-bond donors (Lipinski definition) is 0. The average molecular weight is 413 g/mol. The van der Waals surface area contributed by atoms with E-state index in [1.807, 2.05) is 50.2 Å². The number of rotatable bonds is 4. The molecule has 0 aliphatic heterocycles. The van der Waals surface area contributed by atoms with Gasteiger partial charge in [-0.2, -0.15) is 0 Å². The summed E-state index contributed by atoms with van der Waals surface area (Å²) < 4.78 is 11.6. The number of carbonyl (C=O) groups excluding carboxylic acids is 1. The molecular weight excluding hydrogens is 396 g/mol. The molecule has 2 aromatic carbocycles. The van der Waals surface area contributed by atoms with E-state index < -0.39 is 11.6 Å². The molecule has 4 nitrogen and oxygen atoms in total. The van der Waals surface area contributed by atoms with Crippen molar-refractivity contribution in [2.45, 2.75) is 20.5 Å². The predicted octanol–water partition coefficient (Wildman–Crippen LogP) is 4.93. The van der Waals surface area contributed by atoms with Crippen LogP contribution in [-0.2, 0) is 16.1 Å². The van der Waals surface area contributed by atoms with E-state index >= 15 is 0 Å². The first-order chi connectivity index (χ1) is 12.4. The third-order valence-electron chi connectivity index (χ3n) is 4.17. The number of esters is 1. The van der Waals surface area contributed by atoms with Crippen LogP contribution in [0.15, 0.2) is 62.2 Å². The molecule has 0 aliphatic rings. The lowest BCUT2D eigenvalue weighted by atomic mass is 10.0. The molecule has 132 valence electrons. The van der Waals surface area contributed by atoms with Gasteiger partial charge in [-0.3, -0.25) is 0 Å². The van der Waals surface area contributed by atoms with Crippen LogP contribution in [0, 0.1) is 13.8 Å². The lowest BCUT2D eigenvalue weighted by molar-refractivity contribution is -0.138. The van der Waals surface area contributed by atoms with Crippen molar-refractivity contribution in [3.63, 3.8) is 0 Å². The van der Waals surface area contributed by atoms with E-state index in [2.05, 4.69) is 15.9 Å². The Balaban J connectivity index is 1.77. The van der Waals surface area contributed by atoms with E-state index in [1.54, 1.807) is 6.08 Å². The molecule has 0 bridgehead atoms. The highest BCUT2D eigenvalue weighted by Gasteiger charge is 2.10. The third kappa shape index (κ3) is 4.11. The second-order valence-electron chi connectivity index (χ2n) is 5.97. The van der Waals surface area contributed by atoms with Gasteiger partial charge < -0.3 is 9.15 Å². The molecule has 1 heterocycles. The van der Waals surface area contributed by atoms with Crippen molar-refractivity contribution >= 4 is 38.9 Å². The van der Waals surface area contributed by atoms with Gasteiger partial charge in [-0.05, 0) is 48.7 Å². The van der Waals surface area contributed by atoms with Gasteiger partial charge in [0.2, 0.25) is 0 Å². The van der Waals surface area contributed by atoms with Gasteiger partial charge in [-0.1, -0.05) is 40.2 Å². The van der Waals surface area contributed by atoms with E-state index in [0.717, 1.165) is 26.5 Å². The Labute approximate surface area is 159 Å². The van der Waals surface area contributed by atoms with Gasteiger partial charge in [0, 0.05) is 27.6 Å². The summed E-state index contributed by atoms with van der Waals surface area (Å²) in [6, 6.07) is 12.7. The average Bonchev–Trinajstić information content (AvgIpc) is 2.62. The maximum absolute atomic E-state index is 12.0. The smallest absolute Gasteiger partial charge is 0.336 e. The second-order valence-corrected chi connectivity index (χ2v) is 6.88. The lowest BCUT2D eigenvalue weighted by Gasteiger charge is -2.09. The fraction of sp³-hybridized carbons (Fsp3) is 0.143. The van der Waals surface area contributed by atoms with Gasteiger partial charge in [0.25, 0.3) is 0 Å². The summed E-state index contributed by atoms with van der Waals surface area (Å²) in [7, 11) is 0. The minimum absolute atomic E-state index is 0.00805. The molecule has 26 heavy (non-hydrogen) atoms. The maximum atomic E-state index is 12.0. The third-order valence-corrected chi connectivity index (χ3v) is 4.70. The van der Waals surface area contributed by atoms with Crippen LogP contribution < -0.4 is 5.63 Å². The summed E-state index contributed by atoms with van der Waals surface area (Å²) in [5.41, 5.74) is 3.54. The molecule has 0 N–H and O–H groups in total. The summed E-state index contributed by atoms with van der Waals surface area (Å²) in [6.07, 6.45) is 3.05. The number of fused-ring (bicyclic) bond motifs is 1. The van der Waals surface area contributed by atoms with E-state index in [1.165, 1.54) is 12.1 Å². The van der Waals surface area contributed by atoms with Gasteiger partial charge in [0.05, 0.1) is 0 Å². The Morgan fingerprint density at radius 3 is 2.62 bits per heavy atom. The summed E-state index contributed by atoms with van der Waals surface area (Å²) >= 11 is 3.36. The first kappa shape index (κ1) is 18.1. The summed E-state index contributed by atoms with van der Waals surface area (Å²) in [5.74, 6) is -0.474. The highest BCUT2D eigenvalue weighted by molar-refractivity contribution is 9.10. The fourth-order valence-electron chi connectivity index (χ4n) is 2.58. The summed E-state index contributed by atoms with van der Waals surface area (Å²) in [6.45, 7) is 3.86. The number of aryl methyl sites for hydroxylation is 2. The first-order valence-electron chi connectivity index (χ1n) is 8.07. The van der Waals surface area contributed by atoms with Crippen molar-refractivity contribution in [2.75, 3.05) is 0 Å². The first-order valence-corrected chi connectivity index (χ1v) is 8.86. The van der Waals surface area contributed by atoms with Crippen LogP contribution in [0.5, 0.6) is 0 Å². The molecule has 0 saturated carbocycles. The van der Waals surface area contributed by atoms with E-state index in [4.69, 9.17) is 9.15 Å². The molecule has 0 fully saturated rings. The Bertz CT molecular complexity index is 1050. The molecule has 0 spiro atoms. The molecule has 3 rings (SSSR count). The van der Waals surface area contributed by atoms with Crippen LogP contribution in [-0.4, -0.2) is 5.97 Å². The van der Waals surface area contributed by atoms with E-state index in [9.17, 15) is 9.59 Å². The minimum Gasteiger partial charge on any atom is -0.458 e. The largest absolute Gasteiger partial charge is 0.458 e. The molecule has 5 heteroatoms. The van der Waals surface area contributed by atoms with Crippen molar-refractivity contribution in [3.05, 3.63) is 85.7 Å². The molecule has 3 aromatic rings. The maximum Gasteiger partial charge on any atom is 0.336 e. The monoisotopic (exact) mass is 412 g/mol. The Kier molecular flexibility index (Phi) is 5.38. The van der Waals surface area contributed by atoms with Crippen molar-refractivity contribution in [3.8, 4) is 0 Å². The van der Waals surface area contributed by atoms with Gasteiger partial charge in [-0.15, -0.1) is 0 Å². The van der Waals surface area contributed by atoms with Crippen LogP contribution in [0.3, 0.4) is 0 Å². The molecule has 0 atom stereocenters. The quantitative estimate of drug-likeness (QED) is 0.346. The molecular formula is C21H17BrO4. The van der Waals surface area contributed by atoms with Gasteiger partial charge >= 0.3 is 11.6 Å². The predicted molar refractivity (Wildman–Crippen MR) is 105 cm³/mol. The van der Waals surface area contributed by atoms with Crippen molar-refractivity contribution in [1.82, 2.24) is 0 Å². The SMILES string of the molecule is Cc1ccc2c(COC(=O)/C=C/c3ccc(Br)cc3)cc(=O)oc2c1C. The van der Waals surface area contributed by atoms with Crippen LogP contribution in [0.1, 0.15) is 22.3 Å². The Hall–Kier alpha value is -2.66. The number of halogens is 1. The zero-order chi connectivity index (χ0) is 18.7. The minimum atomic E-state index is -0.474. The molecule has 0 unspecified atom stereocenters. The summed E-state index contributed by atoms with van der Waals surface area (Å²) in [5, 5.41) is 0.775. The van der Waals surface area contributed by atoms with Gasteiger partial charge in [0.15, 0.2) is 0 Å². The number of ether oxygens (including phenoxy) is 1. The fourth-order valence-corrected chi connectivity index (χ4v) is 2.84. The topological polar surface area (TPSA) is 56.5 Å². The number of hydrogen-bond acceptors (Lipinski definition) is 4. The van der Waals surface area contributed by atoms with Crippen LogP contribution >= 0.6 is 15.9 Å². The van der Waals surface area contributed by atoms with Crippen molar-refractivity contribution < 1.29 is 13.9 Å². The van der Waals surface area contributed by atoms with Gasteiger partial charge in [0.1, 0.15) is 12.2 Å². The lowest BCUT2D eigenvalue weighted by Crippen LogP contribution is -2.06. The number of carbonyl (C=O) groups is 1. The molecule has 1 aromatic heterocycles. The molecule has 0 radical (unpaired) electrons. The van der Waals surface area contributed by atoms with E-state index in [-0.39, 0.29) is 6.61 Å². The highest BCUT2D eigenvalue weighted by atomic mass is 79.9. The zero-order valence-electron chi connectivity index (χ0n) is 14.4. The molecule has 0 aliphatic carbocycles. The van der Waals surface area contributed by atoms with Crippen LogP contribution in [0.25, 0.3) is 17.0 Å². The van der Waals surface area contributed by atoms with Gasteiger partial charge in [-0.25, -0.2) is 9.59 Å². The zero-order valence-corrected chi connectivity index (χ0v) is 16.0. The Morgan fingerprint density at radius 2 is 1.88 bits per heavy atom. The highest BCUT2D eigenvalue weighted by Crippen LogP contribution is 2.23. The van der Waals surface area contributed by atoms with Crippen molar-refractivity contribution in [2.24, 2.45) is 0 Å². The van der Waals surface area contributed by atoms with Crippen LogP contribution in [0.2, 0.25) is 0 Å². The standard InChI is InChI=1S/C21H17BrO4/c1-13-3-9-18-16(11-20(24)26-21(18)14(13)2)12-25-19(23)10-6-15-4-7-17(22)8-5-15/h3-11H,12H2,1-2H3/b10-6+. The van der Waals surface area contributed by atoms with Crippen molar-refractivity contribution in [1.29, 1.82) is 0 Å². The molecule has 0 saturated heterocycles. The number of benzene rings is 2. The Morgan fingerprint density at radius 1 is 1.15 bits per heavy atom. The van der Waals surface area contributed by atoms with Crippen LogP contribution in [0.4, 0.5) is 0 Å². The second kappa shape index (κ2) is 7.70. The normalized spacial score (nSPS) is 11.2. The van der Waals surface area contributed by atoms with E-state index in [0.29, 0.717) is 11.1 Å².